The lowest BCUT2D eigenvalue weighted by atomic mass is 10.1. The van der Waals surface area contributed by atoms with Crippen molar-refractivity contribution in [2.24, 2.45) is 0 Å². The number of para-hydroxylation sites is 1. The van der Waals surface area contributed by atoms with Crippen LogP contribution in [-0.2, 0) is 5.88 Å². The third-order valence-electron chi connectivity index (χ3n) is 3.23. The zero-order chi connectivity index (χ0) is 14.8. The van der Waals surface area contributed by atoms with E-state index < -0.39 is 0 Å². The van der Waals surface area contributed by atoms with Crippen molar-refractivity contribution >= 4 is 27.5 Å². The fourth-order valence-corrected chi connectivity index (χ4v) is 3.07. The second-order valence-corrected chi connectivity index (χ2v) is 5.85. The number of aromatic nitrogens is 3. The molecule has 3 rings (SSSR count). The molecular weight excluding hydrogens is 350 g/mol. The van der Waals surface area contributed by atoms with E-state index in [-0.39, 0.29) is 0 Å². The van der Waals surface area contributed by atoms with Gasteiger partial charge in [0.15, 0.2) is 11.6 Å². The molecule has 0 saturated carbocycles. The van der Waals surface area contributed by atoms with Gasteiger partial charge in [-0.1, -0.05) is 40.2 Å². The molecule has 0 aliphatic carbocycles. The monoisotopic (exact) mass is 361 g/mol. The maximum absolute atomic E-state index is 6.01. The van der Waals surface area contributed by atoms with Gasteiger partial charge in [0.05, 0.1) is 5.88 Å². The molecule has 2 aromatic carbocycles. The lowest BCUT2D eigenvalue weighted by molar-refractivity contribution is 0.953. The molecule has 21 heavy (non-hydrogen) atoms. The molecule has 0 aliphatic heterocycles. The zero-order valence-electron chi connectivity index (χ0n) is 11.4. The molecule has 0 saturated heterocycles. The summed E-state index contributed by atoms with van der Waals surface area (Å²) in [6.45, 7) is 2.06. The summed E-state index contributed by atoms with van der Waals surface area (Å²) < 4.78 is 2.98. The topological polar surface area (TPSA) is 30.7 Å². The highest BCUT2D eigenvalue weighted by Gasteiger charge is 2.16. The number of hydrogen-bond donors (Lipinski definition) is 0. The minimum Gasteiger partial charge on any atom is -0.278 e. The molecule has 0 N–H and O–H groups in total. The van der Waals surface area contributed by atoms with E-state index in [9.17, 15) is 0 Å². The minimum atomic E-state index is 0.311. The van der Waals surface area contributed by atoms with Crippen molar-refractivity contribution in [2.45, 2.75) is 12.8 Å². The van der Waals surface area contributed by atoms with E-state index >= 15 is 0 Å². The Bertz CT molecular complexity index is 768. The molecule has 3 nitrogen and oxygen atoms in total. The molecule has 0 fully saturated rings. The van der Waals surface area contributed by atoms with E-state index in [4.69, 9.17) is 11.6 Å². The summed E-state index contributed by atoms with van der Waals surface area (Å²) in [5, 5.41) is 8.53. The Morgan fingerprint density at radius 1 is 1.10 bits per heavy atom. The first-order valence-corrected chi connectivity index (χ1v) is 7.85. The van der Waals surface area contributed by atoms with Gasteiger partial charge in [-0.05, 0) is 36.8 Å². The third kappa shape index (κ3) is 2.74. The summed E-state index contributed by atoms with van der Waals surface area (Å²) >= 11 is 9.62. The number of nitrogens with zero attached hydrogens (tertiary/aromatic N) is 3. The molecule has 1 heterocycles. The molecule has 106 valence electrons. The SMILES string of the molecule is Cc1ccc(-c2nnc(CCl)n2-c2ccccc2)c(Br)c1. The summed E-state index contributed by atoms with van der Waals surface area (Å²) in [7, 11) is 0. The van der Waals surface area contributed by atoms with Crippen molar-refractivity contribution < 1.29 is 0 Å². The average Bonchev–Trinajstić information content (AvgIpc) is 2.92. The summed E-state index contributed by atoms with van der Waals surface area (Å²) in [6, 6.07) is 16.2. The minimum absolute atomic E-state index is 0.311. The van der Waals surface area contributed by atoms with Gasteiger partial charge in [0.25, 0.3) is 0 Å². The predicted molar refractivity (Wildman–Crippen MR) is 88.8 cm³/mol. The quantitative estimate of drug-likeness (QED) is 0.630. The molecule has 0 spiro atoms. The summed E-state index contributed by atoms with van der Waals surface area (Å²) in [4.78, 5) is 0. The number of halogens is 2. The first-order valence-electron chi connectivity index (χ1n) is 6.53. The number of benzene rings is 2. The molecule has 0 radical (unpaired) electrons. The van der Waals surface area contributed by atoms with Gasteiger partial charge in [-0.15, -0.1) is 21.8 Å². The third-order valence-corrected chi connectivity index (χ3v) is 4.12. The maximum atomic E-state index is 6.01. The first kappa shape index (κ1) is 14.3. The van der Waals surface area contributed by atoms with Gasteiger partial charge < -0.3 is 0 Å². The standard InChI is InChI=1S/C16H13BrClN3/c1-11-7-8-13(14(17)9-11)16-20-19-15(10-18)21(16)12-5-3-2-4-6-12/h2-9H,10H2,1H3. The fourth-order valence-electron chi connectivity index (χ4n) is 2.23. The Hall–Kier alpha value is -1.65. The van der Waals surface area contributed by atoms with Crippen LogP contribution in [0.3, 0.4) is 0 Å². The second kappa shape index (κ2) is 6.00. The van der Waals surface area contributed by atoms with Crippen LogP contribution in [0.5, 0.6) is 0 Å². The highest BCUT2D eigenvalue weighted by atomic mass is 79.9. The number of rotatable bonds is 3. The predicted octanol–water partition coefficient (Wildman–Crippen LogP) is 4.74. The molecule has 5 heteroatoms. The van der Waals surface area contributed by atoms with Gasteiger partial charge in [-0.2, -0.15) is 0 Å². The molecule has 0 aliphatic rings. The Labute approximate surface area is 136 Å². The Morgan fingerprint density at radius 3 is 2.52 bits per heavy atom. The molecule has 1 aromatic heterocycles. The normalized spacial score (nSPS) is 10.8. The van der Waals surface area contributed by atoms with Crippen molar-refractivity contribution in [3.8, 4) is 17.1 Å². The summed E-state index contributed by atoms with van der Waals surface area (Å²) in [5.41, 5.74) is 3.18. The van der Waals surface area contributed by atoms with Crippen LogP contribution in [-0.4, -0.2) is 14.8 Å². The van der Waals surface area contributed by atoms with E-state index in [0.717, 1.165) is 27.4 Å². The summed E-state index contributed by atoms with van der Waals surface area (Å²) in [5.74, 6) is 1.82. The van der Waals surface area contributed by atoms with Crippen molar-refractivity contribution in [1.82, 2.24) is 14.8 Å². The van der Waals surface area contributed by atoms with Crippen LogP contribution in [0.1, 0.15) is 11.4 Å². The van der Waals surface area contributed by atoms with Crippen LogP contribution >= 0.6 is 27.5 Å². The van der Waals surface area contributed by atoms with Crippen molar-refractivity contribution in [1.29, 1.82) is 0 Å². The van der Waals surface area contributed by atoms with Gasteiger partial charge in [-0.3, -0.25) is 4.57 Å². The highest BCUT2D eigenvalue weighted by Crippen LogP contribution is 2.30. The fraction of sp³-hybridized carbons (Fsp3) is 0.125. The highest BCUT2D eigenvalue weighted by molar-refractivity contribution is 9.10. The molecule has 0 bridgehead atoms. The van der Waals surface area contributed by atoms with Crippen molar-refractivity contribution in [2.75, 3.05) is 0 Å². The Kier molecular flexibility index (Phi) is 4.08. The van der Waals surface area contributed by atoms with E-state index in [2.05, 4.69) is 45.2 Å². The maximum Gasteiger partial charge on any atom is 0.169 e. The number of hydrogen-bond acceptors (Lipinski definition) is 2. The van der Waals surface area contributed by atoms with Crippen LogP contribution in [0.25, 0.3) is 17.1 Å². The van der Waals surface area contributed by atoms with Gasteiger partial charge >= 0.3 is 0 Å². The van der Waals surface area contributed by atoms with Crippen LogP contribution in [0.4, 0.5) is 0 Å². The van der Waals surface area contributed by atoms with Gasteiger partial charge in [0, 0.05) is 15.7 Å². The smallest absolute Gasteiger partial charge is 0.169 e. The lowest BCUT2D eigenvalue weighted by Gasteiger charge is -2.10. The van der Waals surface area contributed by atoms with Crippen LogP contribution in [0.15, 0.2) is 53.0 Å². The molecular formula is C16H13BrClN3. The van der Waals surface area contributed by atoms with Crippen molar-refractivity contribution in [3.05, 3.63) is 64.4 Å². The van der Waals surface area contributed by atoms with Crippen molar-refractivity contribution in [3.63, 3.8) is 0 Å². The van der Waals surface area contributed by atoms with Gasteiger partial charge in [-0.25, -0.2) is 0 Å². The number of alkyl halides is 1. The molecule has 0 amide bonds. The first-order chi connectivity index (χ1) is 10.2. The lowest BCUT2D eigenvalue weighted by Crippen LogP contribution is -2.02. The Morgan fingerprint density at radius 2 is 1.86 bits per heavy atom. The molecule has 0 unspecified atom stereocenters. The Balaban J connectivity index is 2.22. The van der Waals surface area contributed by atoms with Crippen LogP contribution < -0.4 is 0 Å². The van der Waals surface area contributed by atoms with Crippen LogP contribution in [0.2, 0.25) is 0 Å². The van der Waals surface area contributed by atoms with Gasteiger partial charge in [0.1, 0.15) is 0 Å². The second-order valence-electron chi connectivity index (χ2n) is 4.73. The number of aryl methyl sites for hydroxylation is 1. The van der Waals surface area contributed by atoms with E-state index in [1.807, 2.05) is 41.0 Å². The molecule has 0 atom stereocenters. The van der Waals surface area contributed by atoms with Gasteiger partial charge in [0.2, 0.25) is 0 Å². The average molecular weight is 363 g/mol. The van der Waals surface area contributed by atoms with E-state index in [0.29, 0.717) is 5.88 Å². The zero-order valence-corrected chi connectivity index (χ0v) is 13.8. The molecule has 3 aromatic rings. The summed E-state index contributed by atoms with van der Waals surface area (Å²) in [6.07, 6.45) is 0. The van der Waals surface area contributed by atoms with E-state index in [1.54, 1.807) is 0 Å². The largest absolute Gasteiger partial charge is 0.278 e. The van der Waals surface area contributed by atoms with Crippen LogP contribution in [0, 0.1) is 6.92 Å². The van der Waals surface area contributed by atoms with E-state index in [1.165, 1.54) is 5.56 Å².